The molecule has 2 heterocycles. The molecule has 2 aliphatic rings. The van der Waals surface area contributed by atoms with E-state index in [2.05, 4.69) is 22.4 Å². The lowest BCUT2D eigenvalue weighted by Crippen LogP contribution is -2.45. The van der Waals surface area contributed by atoms with Crippen LogP contribution in [0.1, 0.15) is 37.7 Å². The fraction of sp³-hybridized carbons (Fsp3) is 0.591. The number of ether oxygens (including phenoxy) is 2. The average Bonchev–Trinajstić information content (AvgIpc) is 3.09. The van der Waals surface area contributed by atoms with E-state index in [-0.39, 0.29) is 11.3 Å². The number of amides is 1. The molecule has 2 saturated heterocycles. The normalized spacial score (nSPS) is 22.8. The minimum Gasteiger partial charge on any atom is -0.493 e. The first-order valence-electron chi connectivity index (χ1n) is 9.92. The fourth-order valence-corrected chi connectivity index (χ4v) is 4.63. The van der Waals surface area contributed by atoms with Gasteiger partial charge in [-0.2, -0.15) is 0 Å². The van der Waals surface area contributed by atoms with E-state index in [0.717, 1.165) is 62.6 Å². The Balaban J connectivity index is 1.65. The van der Waals surface area contributed by atoms with Gasteiger partial charge in [0.1, 0.15) is 0 Å². The van der Waals surface area contributed by atoms with Crippen molar-refractivity contribution in [3.63, 3.8) is 0 Å². The van der Waals surface area contributed by atoms with E-state index in [1.807, 2.05) is 18.2 Å². The molecule has 0 aliphatic carbocycles. The number of methoxy groups -OCH3 is 2. The molecule has 5 heteroatoms. The van der Waals surface area contributed by atoms with Crippen LogP contribution in [-0.4, -0.2) is 56.1 Å². The third kappa shape index (κ3) is 4.46. The first kappa shape index (κ1) is 19.7. The summed E-state index contributed by atoms with van der Waals surface area (Å²) in [6.07, 6.45) is 6.69. The third-order valence-electron chi connectivity index (χ3n) is 5.97. The van der Waals surface area contributed by atoms with Gasteiger partial charge in [-0.05, 0) is 38.3 Å². The van der Waals surface area contributed by atoms with Gasteiger partial charge in [-0.3, -0.25) is 9.69 Å². The Kier molecular flexibility index (Phi) is 6.42. The van der Waals surface area contributed by atoms with Gasteiger partial charge in [-0.15, -0.1) is 6.58 Å². The zero-order valence-electron chi connectivity index (χ0n) is 16.7. The predicted octanol–water partition coefficient (Wildman–Crippen LogP) is 3.48. The number of hydrogen-bond acceptors (Lipinski definition) is 4. The van der Waals surface area contributed by atoms with Crippen LogP contribution in [0.25, 0.3) is 0 Å². The summed E-state index contributed by atoms with van der Waals surface area (Å²) in [5.41, 5.74) is 1.40. The van der Waals surface area contributed by atoms with Crippen molar-refractivity contribution in [2.45, 2.75) is 38.6 Å². The number of piperidine rings is 1. The molecule has 3 rings (SSSR count). The number of carbonyl (C=O) groups is 1. The topological polar surface area (TPSA) is 42.0 Å². The van der Waals surface area contributed by atoms with Crippen molar-refractivity contribution in [2.24, 2.45) is 5.41 Å². The van der Waals surface area contributed by atoms with Crippen molar-refractivity contribution < 1.29 is 14.3 Å². The number of allylic oxidation sites excluding steroid dienone is 1. The number of benzene rings is 1. The molecular weight excluding hydrogens is 340 g/mol. The molecule has 2 fully saturated rings. The number of rotatable bonds is 7. The Hall–Kier alpha value is -2.01. The minimum atomic E-state index is 0.244. The van der Waals surface area contributed by atoms with Crippen LogP contribution in [0.2, 0.25) is 0 Å². The number of nitrogens with zero attached hydrogens (tertiary/aromatic N) is 2. The maximum atomic E-state index is 12.4. The summed E-state index contributed by atoms with van der Waals surface area (Å²) in [6, 6.07) is 6.07. The van der Waals surface area contributed by atoms with Gasteiger partial charge in [0, 0.05) is 43.6 Å². The summed E-state index contributed by atoms with van der Waals surface area (Å²) in [4.78, 5) is 17.0. The number of para-hydroxylation sites is 1. The van der Waals surface area contributed by atoms with E-state index in [0.29, 0.717) is 6.42 Å². The van der Waals surface area contributed by atoms with E-state index in [1.165, 1.54) is 12.8 Å². The van der Waals surface area contributed by atoms with Gasteiger partial charge in [-0.1, -0.05) is 18.2 Å². The lowest BCUT2D eigenvalue weighted by Gasteiger charge is -2.40. The predicted molar refractivity (Wildman–Crippen MR) is 107 cm³/mol. The fourth-order valence-electron chi connectivity index (χ4n) is 4.63. The van der Waals surface area contributed by atoms with Gasteiger partial charge in [0.05, 0.1) is 14.2 Å². The van der Waals surface area contributed by atoms with Crippen LogP contribution < -0.4 is 9.47 Å². The Labute approximate surface area is 162 Å². The van der Waals surface area contributed by atoms with Gasteiger partial charge in [-0.25, -0.2) is 0 Å². The molecule has 0 N–H and O–H groups in total. The van der Waals surface area contributed by atoms with Crippen molar-refractivity contribution in [3.8, 4) is 11.5 Å². The van der Waals surface area contributed by atoms with Crippen LogP contribution >= 0.6 is 0 Å². The lowest BCUT2D eigenvalue weighted by molar-refractivity contribution is -0.130. The Morgan fingerprint density at radius 2 is 2.07 bits per heavy atom. The average molecular weight is 373 g/mol. The zero-order valence-corrected chi connectivity index (χ0v) is 16.7. The maximum Gasteiger partial charge on any atom is 0.222 e. The highest BCUT2D eigenvalue weighted by molar-refractivity contribution is 5.76. The number of hydrogen-bond donors (Lipinski definition) is 0. The highest BCUT2D eigenvalue weighted by atomic mass is 16.5. The summed E-state index contributed by atoms with van der Waals surface area (Å²) in [5, 5.41) is 0. The highest BCUT2D eigenvalue weighted by Gasteiger charge is 2.42. The van der Waals surface area contributed by atoms with Crippen molar-refractivity contribution in [2.75, 3.05) is 40.4 Å². The molecule has 1 spiro atoms. The van der Waals surface area contributed by atoms with Crippen molar-refractivity contribution in [1.29, 1.82) is 0 Å². The first-order valence-corrected chi connectivity index (χ1v) is 9.92. The minimum absolute atomic E-state index is 0.244. The maximum absolute atomic E-state index is 12.4. The molecular formula is C22H32N2O3. The Bertz CT molecular complexity index is 676. The smallest absolute Gasteiger partial charge is 0.222 e. The van der Waals surface area contributed by atoms with Crippen LogP contribution in [0, 0.1) is 5.41 Å². The summed E-state index contributed by atoms with van der Waals surface area (Å²) >= 11 is 0. The molecule has 0 bridgehead atoms. The highest BCUT2D eigenvalue weighted by Crippen LogP contribution is 2.40. The van der Waals surface area contributed by atoms with Crippen molar-refractivity contribution >= 4 is 5.91 Å². The van der Waals surface area contributed by atoms with Gasteiger partial charge in [0.25, 0.3) is 0 Å². The van der Waals surface area contributed by atoms with Gasteiger partial charge in [0.15, 0.2) is 11.5 Å². The van der Waals surface area contributed by atoms with Gasteiger partial charge >= 0.3 is 0 Å². The van der Waals surface area contributed by atoms with Gasteiger partial charge in [0.2, 0.25) is 5.91 Å². The second kappa shape index (κ2) is 8.79. The first-order chi connectivity index (χ1) is 13.1. The molecule has 1 atom stereocenters. The molecule has 27 heavy (non-hydrogen) atoms. The van der Waals surface area contributed by atoms with E-state index >= 15 is 0 Å². The largest absolute Gasteiger partial charge is 0.493 e. The van der Waals surface area contributed by atoms with Crippen LogP contribution in [0.3, 0.4) is 0 Å². The molecule has 1 amide bonds. The monoisotopic (exact) mass is 372 g/mol. The van der Waals surface area contributed by atoms with E-state index in [1.54, 1.807) is 14.2 Å². The molecule has 0 saturated carbocycles. The Morgan fingerprint density at radius 1 is 1.22 bits per heavy atom. The van der Waals surface area contributed by atoms with Crippen LogP contribution in [0.4, 0.5) is 0 Å². The number of likely N-dealkylation sites (tertiary alicyclic amines) is 2. The van der Waals surface area contributed by atoms with Crippen LogP contribution in [-0.2, 0) is 11.3 Å². The van der Waals surface area contributed by atoms with E-state index in [4.69, 9.17) is 9.47 Å². The van der Waals surface area contributed by atoms with Gasteiger partial charge < -0.3 is 14.4 Å². The Morgan fingerprint density at radius 3 is 2.81 bits per heavy atom. The summed E-state index contributed by atoms with van der Waals surface area (Å²) in [6.45, 7) is 8.50. The van der Waals surface area contributed by atoms with Crippen LogP contribution in [0.5, 0.6) is 11.5 Å². The molecule has 5 nitrogen and oxygen atoms in total. The van der Waals surface area contributed by atoms with Crippen molar-refractivity contribution in [1.82, 2.24) is 9.80 Å². The zero-order chi connectivity index (χ0) is 19.3. The quantitative estimate of drug-likeness (QED) is 0.687. The molecule has 0 radical (unpaired) electrons. The van der Waals surface area contributed by atoms with Crippen molar-refractivity contribution in [3.05, 3.63) is 36.4 Å². The summed E-state index contributed by atoms with van der Waals surface area (Å²) < 4.78 is 11.0. The SMILES string of the molecule is C=CCCC(=O)N1CC[C@@]2(CCCN(Cc3cccc(OC)c3OC)C2)C1. The van der Waals surface area contributed by atoms with E-state index in [9.17, 15) is 4.79 Å². The van der Waals surface area contributed by atoms with Crippen LogP contribution in [0.15, 0.2) is 30.9 Å². The lowest BCUT2D eigenvalue weighted by atomic mass is 9.79. The second-order valence-corrected chi connectivity index (χ2v) is 7.86. The summed E-state index contributed by atoms with van der Waals surface area (Å²) in [7, 11) is 3.37. The standard InChI is InChI=1S/C22H32N2O3/c1-4-5-10-20(25)24-14-12-22(17-24)11-7-13-23(16-22)15-18-8-6-9-19(26-2)21(18)27-3/h4,6,8-9H,1,5,7,10-17H2,2-3H3/t22-/m1/s1. The molecule has 2 aliphatic heterocycles. The second-order valence-electron chi connectivity index (χ2n) is 7.86. The molecule has 0 unspecified atom stereocenters. The molecule has 1 aromatic rings. The van der Waals surface area contributed by atoms with E-state index < -0.39 is 0 Å². The third-order valence-corrected chi connectivity index (χ3v) is 5.97. The summed E-state index contributed by atoms with van der Waals surface area (Å²) in [5.74, 6) is 1.88. The molecule has 1 aromatic carbocycles. The molecule has 0 aromatic heterocycles. The number of carbonyl (C=O) groups excluding carboxylic acids is 1. The molecule has 148 valence electrons.